The van der Waals surface area contributed by atoms with E-state index in [1.165, 1.54) is 47.2 Å². The maximum atomic E-state index is 2.35. The van der Waals surface area contributed by atoms with Gasteiger partial charge in [0.25, 0.3) is 0 Å². The number of hydrogen-bond acceptors (Lipinski definition) is 0. The van der Waals surface area contributed by atoms with Crippen molar-refractivity contribution in [3.05, 3.63) is 59.7 Å². The van der Waals surface area contributed by atoms with Gasteiger partial charge < -0.3 is 5.48 Å². The summed E-state index contributed by atoms with van der Waals surface area (Å²) in [4.78, 5) is 0. The van der Waals surface area contributed by atoms with Crippen molar-refractivity contribution in [2.75, 3.05) is 0 Å². The molecule has 0 spiro atoms. The van der Waals surface area contributed by atoms with E-state index in [1.807, 2.05) is 0 Å². The summed E-state index contributed by atoms with van der Waals surface area (Å²) in [7, 11) is 0. The van der Waals surface area contributed by atoms with Gasteiger partial charge in [-0.2, -0.15) is 0 Å². The van der Waals surface area contributed by atoms with Gasteiger partial charge in [0.05, 0.1) is 0 Å². The van der Waals surface area contributed by atoms with Gasteiger partial charge in [-0.1, -0.05) is 48.5 Å². The van der Waals surface area contributed by atoms with Crippen LogP contribution in [0.2, 0.25) is 0 Å². The van der Waals surface area contributed by atoms with Crippen LogP contribution in [0.25, 0.3) is 21.5 Å². The van der Waals surface area contributed by atoms with Crippen molar-refractivity contribution in [1.82, 2.24) is 0 Å². The van der Waals surface area contributed by atoms with Crippen LogP contribution in [0.1, 0.15) is 24.0 Å². The minimum atomic E-state index is 0. The zero-order valence-corrected chi connectivity index (χ0v) is 10.9. The number of hydrogen-bond donors (Lipinski definition) is 0. The molecule has 3 aromatic rings. The number of fused-ring (bicyclic) bond motifs is 5. The molecule has 2 N–H and O–H groups in total. The molecule has 1 aliphatic rings. The van der Waals surface area contributed by atoms with Crippen molar-refractivity contribution in [2.24, 2.45) is 0 Å². The molecule has 0 aromatic heterocycles. The molecule has 0 unspecified atom stereocenters. The third-order valence-corrected chi connectivity index (χ3v) is 4.26. The van der Waals surface area contributed by atoms with Gasteiger partial charge in [0.2, 0.25) is 0 Å². The molecule has 3 aromatic carbocycles. The van der Waals surface area contributed by atoms with E-state index in [1.54, 1.807) is 11.1 Å². The van der Waals surface area contributed by atoms with Crippen LogP contribution >= 0.6 is 0 Å². The van der Waals surface area contributed by atoms with Gasteiger partial charge in [0.1, 0.15) is 0 Å². The molecule has 0 heterocycles. The first kappa shape index (κ1) is 12.2. The molecular weight excluding hydrogens is 232 g/mol. The van der Waals surface area contributed by atoms with E-state index >= 15 is 0 Å². The maximum absolute atomic E-state index is 2.35. The molecule has 0 bridgehead atoms. The molecule has 0 saturated heterocycles. The third kappa shape index (κ3) is 1.82. The summed E-state index contributed by atoms with van der Waals surface area (Å²) in [6.07, 6.45) is 5.22. The van der Waals surface area contributed by atoms with Gasteiger partial charge in [-0.3, -0.25) is 0 Å². The molecule has 0 amide bonds. The van der Waals surface area contributed by atoms with E-state index in [9.17, 15) is 0 Å². The quantitative estimate of drug-likeness (QED) is 0.539. The maximum Gasteiger partial charge on any atom is -0.0102 e. The highest BCUT2D eigenvalue weighted by Crippen LogP contribution is 2.32. The van der Waals surface area contributed by atoms with Gasteiger partial charge >= 0.3 is 0 Å². The lowest BCUT2D eigenvalue weighted by molar-refractivity contribution is 0.690. The van der Waals surface area contributed by atoms with E-state index in [4.69, 9.17) is 0 Å². The Morgan fingerprint density at radius 3 is 2.37 bits per heavy atom. The van der Waals surface area contributed by atoms with Crippen LogP contribution in [0.15, 0.2) is 48.5 Å². The van der Waals surface area contributed by atoms with Gasteiger partial charge in [0, 0.05) is 0 Å². The predicted octanol–water partition coefficient (Wildman–Crippen LogP) is 4.05. The van der Waals surface area contributed by atoms with Crippen LogP contribution in [-0.2, 0) is 12.8 Å². The van der Waals surface area contributed by atoms with Crippen LogP contribution in [-0.4, -0.2) is 5.48 Å². The summed E-state index contributed by atoms with van der Waals surface area (Å²) in [5.41, 5.74) is 3.17. The standard InChI is InChI=1S/C18H16.H2O/c1-3-7-15-13(5-1)9-11-18-16-8-4-2-6-14(16)10-12-17(15)18;/h1,3,5,7,9-12H,2,4,6,8H2;1H2. The molecule has 96 valence electrons. The van der Waals surface area contributed by atoms with E-state index in [2.05, 4.69) is 48.5 Å². The van der Waals surface area contributed by atoms with Crippen LogP contribution in [0.4, 0.5) is 0 Å². The fraction of sp³-hybridized carbons (Fsp3) is 0.222. The SMILES string of the molecule is O.c1ccc2c(c1)ccc1c3c(ccc12)CCCC3. The van der Waals surface area contributed by atoms with Gasteiger partial charge in [-0.05, 0) is 58.4 Å². The van der Waals surface area contributed by atoms with Crippen LogP contribution in [0.3, 0.4) is 0 Å². The Hall–Kier alpha value is -1.86. The minimum Gasteiger partial charge on any atom is -0.412 e. The zero-order chi connectivity index (χ0) is 11.9. The molecule has 4 rings (SSSR count). The number of rotatable bonds is 0. The van der Waals surface area contributed by atoms with Crippen molar-refractivity contribution in [3.63, 3.8) is 0 Å². The number of benzene rings is 3. The van der Waals surface area contributed by atoms with E-state index < -0.39 is 0 Å². The largest absolute Gasteiger partial charge is 0.412 e. The first-order valence-electron chi connectivity index (χ1n) is 6.86. The molecule has 0 aliphatic heterocycles. The molecule has 0 saturated carbocycles. The Kier molecular flexibility index (Phi) is 3.00. The van der Waals surface area contributed by atoms with Crippen molar-refractivity contribution < 1.29 is 5.48 Å². The Balaban J connectivity index is 0.00000110. The number of aryl methyl sites for hydroxylation is 2. The molecule has 0 radical (unpaired) electrons. The monoisotopic (exact) mass is 250 g/mol. The highest BCUT2D eigenvalue weighted by atomic mass is 16.0. The van der Waals surface area contributed by atoms with Crippen molar-refractivity contribution in [1.29, 1.82) is 0 Å². The van der Waals surface area contributed by atoms with E-state index in [-0.39, 0.29) is 5.48 Å². The van der Waals surface area contributed by atoms with Gasteiger partial charge in [-0.25, -0.2) is 0 Å². The Bertz CT molecular complexity index is 743. The average Bonchev–Trinajstić information content (AvgIpc) is 2.46. The lowest BCUT2D eigenvalue weighted by Gasteiger charge is -2.18. The Morgan fingerprint density at radius 2 is 1.42 bits per heavy atom. The lowest BCUT2D eigenvalue weighted by Crippen LogP contribution is -2.02. The molecular formula is C18H18O. The molecule has 1 nitrogen and oxygen atoms in total. The predicted molar refractivity (Wildman–Crippen MR) is 81.7 cm³/mol. The first-order chi connectivity index (χ1) is 8.93. The zero-order valence-electron chi connectivity index (χ0n) is 10.9. The van der Waals surface area contributed by atoms with Crippen LogP contribution in [0.5, 0.6) is 0 Å². The summed E-state index contributed by atoms with van der Waals surface area (Å²) in [6.45, 7) is 0. The normalized spacial score (nSPS) is 14.1. The summed E-state index contributed by atoms with van der Waals surface area (Å²) >= 11 is 0. The fourth-order valence-electron chi connectivity index (χ4n) is 3.34. The van der Waals surface area contributed by atoms with Crippen LogP contribution < -0.4 is 0 Å². The smallest absolute Gasteiger partial charge is 0.0102 e. The second-order valence-corrected chi connectivity index (χ2v) is 5.29. The molecule has 0 atom stereocenters. The summed E-state index contributed by atoms with van der Waals surface area (Å²) < 4.78 is 0. The molecule has 0 fully saturated rings. The van der Waals surface area contributed by atoms with Crippen molar-refractivity contribution >= 4 is 21.5 Å². The van der Waals surface area contributed by atoms with E-state index in [0.717, 1.165) is 0 Å². The molecule has 1 aliphatic carbocycles. The Morgan fingerprint density at radius 1 is 0.632 bits per heavy atom. The lowest BCUT2D eigenvalue weighted by atomic mass is 9.86. The summed E-state index contributed by atoms with van der Waals surface area (Å²) in [6, 6.07) is 18.0. The molecule has 19 heavy (non-hydrogen) atoms. The average molecular weight is 250 g/mol. The van der Waals surface area contributed by atoms with E-state index in [0.29, 0.717) is 0 Å². The van der Waals surface area contributed by atoms with Gasteiger partial charge in [-0.15, -0.1) is 0 Å². The highest BCUT2D eigenvalue weighted by molar-refractivity contribution is 6.08. The summed E-state index contributed by atoms with van der Waals surface area (Å²) in [5, 5.41) is 5.64. The second kappa shape index (κ2) is 4.67. The topological polar surface area (TPSA) is 31.5 Å². The first-order valence-corrected chi connectivity index (χ1v) is 6.86. The van der Waals surface area contributed by atoms with Gasteiger partial charge in [0.15, 0.2) is 0 Å². The van der Waals surface area contributed by atoms with Crippen molar-refractivity contribution in [3.8, 4) is 0 Å². The highest BCUT2D eigenvalue weighted by Gasteiger charge is 2.12. The molecule has 1 heteroatoms. The third-order valence-electron chi connectivity index (χ3n) is 4.26. The second-order valence-electron chi connectivity index (χ2n) is 5.29. The fourth-order valence-corrected chi connectivity index (χ4v) is 3.34. The van der Waals surface area contributed by atoms with Crippen molar-refractivity contribution in [2.45, 2.75) is 25.7 Å². The Labute approximate surface area is 113 Å². The minimum absolute atomic E-state index is 0. The summed E-state index contributed by atoms with van der Waals surface area (Å²) in [5.74, 6) is 0. The van der Waals surface area contributed by atoms with Crippen LogP contribution in [0, 0.1) is 0 Å².